The van der Waals surface area contributed by atoms with Gasteiger partial charge in [-0.1, -0.05) is 35.5 Å². The molecule has 4 rings (SSSR count). The average Bonchev–Trinajstić information content (AvgIpc) is 3.37. The largest absolute Gasteiger partial charge is 0.322 e. The summed E-state index contributed by atoms with van der Waals surface area (Å²) >= 11 is 0. The number of aromatic nitrogens is 3. The minimum atomic E-state index is -0.806. The van der Waals surface area contributed by atoms with E-state index in [4.69, 9.17) is 0 Å². The van der Waals surface area contributed by atoms with Crippen LogP contribution in [-0.2, 0) is 6.54 Å². The molecule has 0 saturated carbocycles. The molecule has 144 valence electrons. The summed E-state index contributed by atoms with van der Waals surface area (Å²) in [4.78, 5) is 14.5. The molecule has 2 heterocycles. The molecule has 0 radical (unpaired) electrons. The van der Waals surface area contributed by atoms with E-state index in [-0.39, 0.29) is 11.7 Å². The van der Waals surface area contributed by atoms with Gasteiger partial charge < -0.3 is 10.2 Å². The van der Waals surface area contributed by atoms with Crippen molar-refractivity contribution in [3.8, 4) is 11.1 Å². The van der Waals surface area contributed by atoms with E-state index in [1.807, 2.05) is 6.07 Å². The Morgan fingerprint density at radius 1 is 1.21 bits per heavy atom. The number of anilines is 1. The van der Waals surface area contributed by atoms with Crippen molar-refractivity contribution in [3.63, 3.8) is 0 Å². The van der Waals surface area contributed by atoms with Gasteiger partial charge in [0.05, 0.1) is 24.5 Å². The minimum Gasteiger partial charge on any atom is -0.320 e. The summed E-state index contributed by atoms with van der Waals surface area (Å²) < 4.78 is 30.0. The highest BCUT2D eigenvalue weighted by molar-refractivity contribution is 5.95. The number of likely N-dealkylation sites (tertiary alicyclic amines) is 1. The third-order valence-electron chi connectivity index (χ3n) is 4.88. The van der Waals surface area contributed by atoms with Gasteiger partial charge in [0.2, 0.25) is 0 Å². The molecule has 1 aliphatic heterocycles. The van der Waals surface area contributed by atoms with Crippen LogP contribution >= 0.6 is 0 Å². The Kier molecular flexibility index (Phi) is 5.01. The number of hydrogen-bond acceptors (Lipinski definition) is 3. The third-order valence-corrected chi connectivity index (χ3v) is 4.88. The van der Waals surface area contributed by atoms with Crippen LogP contribution in [0.15, 0.2) is 54.9 Å². The van der Waals surface area contributed by atoms with Gasteiger partial charge >= 0.3 is 6.03 Å². The topological polar surface area (TPSA) is 63.1 Å². The molecule has 1 saturated heterocycles. The second kappa shape index (κ2) is 7.75. The maximum absolute atomic E-state index is 14.6. The number of halogens is 2. The smallest absolute Gasteiger partial charge is 0.320 e. The summed E-state index contributed by atoms with van der Waals surface area (Å²) in [5, 5.41) is 10.4. The van der Waals surface area contributed by atoms with E-state index < -0.39 is 17.7 Å². The number of rotatable bonds is 4. The zero-order valence-corrected chi connectivity index (χ0v) is 15.1. The summed E-state index contributed by atoms with van der Waals surface area (Å²) in [6.45, 7) is 1.08. The third kappa shape index (κ3) is 3.71. The van der Waals surface area contributed by atoms with Crippen molar-refractivity contribution in [3.05, 3.63) is 66.5 Å². The maximum atomic E-state index is 14.6. The van der Waals surface area contributed by atoms with E-state index in [9.17, 15) is 13.6 Å². The number of amides is 2. The highest BCUT2D eigenvalue weighted by Gasteiger charge is 2.30. The highest BCUT2D eigenvalue weighted by atomic mass is 19.1. The predicted octanol–water partition coefficient (Wildman–Crippen LogP) is 3.92. The lowest BCUT2D eigenvalue weighted by molar-refractivity contribution is 0.199. The number of benzene rings is 2. The average molecular weight is 383 g/mol. The molecule has 28 heavy (non-hydrogen) atoms. The van der Waals surface area contributed by atoms with Gasteiger partial charge in [-0.3, -0.25) is 4.68 Å². The van der Waals surface area contributed by atoms with Crippen molar-refractivity contribution in [1.29, 1.82) is 0 Å². The van der Waals surface area contributed by atoms with Crippen LogP contribution in [0.1, 0.15) is 12.8 Å². The van der Waals surface area contributed by atoms with Crippen molar-refractivity contribution in [1.82, 2.24) is 19.9 Å². The number of carbonyl (C=O) groups excluding carboxylic acids is 1. The van der Waals surface area contributed by atoms with Crippen LogP contribution < -0.4 is 5.32 Å². The Bertz CT molecular complexity index is 962. The van der Waals surface area contributed by atoms with Crippen LogP contribution in [-0.4, -0.2) is 38.5 Å². The Morgan fingerprint density at radius 3 is 2.79 bits per heavy atom. The molecule has 0 spiro atoms. The second-order valence-electron chi connectivity index (χ2n) is 6.72. The van der Waals surface area contributed by atoms with E-state index in [1.54, 1.807) is 46.2 Å². The van der Waals surface area contributed by atoms with Gasteiger partial charge in [-0.25, -0.2) is 13.6 Å². The van der Waals surface area contributed by atoms with Crippen LogP contribution in [0.2, 0.25) is 0 Å². The lowest BCUT2D eigenvalue weighted by Gasteiger charge is -2.25. The Morgan fingerprint density at radius 2 is 2.04 bits per heavy atom. The Labute approximate surface area is 160 Å². The number of nitrogens with one attached hydrogen (secondary N) is 1. The van der Waals surface area contributed by atoms with Gasteiger partial charge in [0, 0.05) is 24.4 Å². The highest BCUT2D eigenvalue weighted by Crippen LogP contribution is 2.32. The first-order valence-corrected chi connectivity index (χ1v) is 9.08. The summed E-state index contributed by atoms with van der Waals surface area (Å²) in [5.74, 6) is -1.50. The van der Waals surface area contributed by atoms with E-state index in [2.05, 4.69) is 15.6 Å². The van der Waals surface area contributed by atoms with Crippen molar-refractivity contribution in [2.75, 3.05) is 11.9 Å². The van der Waals surface area contributed by atoms with E-state index in [1.165, 1.54) is 6.07 Å². The predicted molar refractivity (Wildman–Crippen MR) is 101 cm³/mol. The molecule has 3 aromatic rings. The van der Waals surface area contributed by atoms with Crippen molar-refractivity contribution >= 4 is 11.7 Å². The SMILES string of the molecule is O=C(Nc1c(F)cc(F)cc1-c1ccccc1)N1CCC[C@H]1Cn1ccnn1. The molecule has 2 aromatic carbocycles. The normalized spacial score (nSPS) is 16.4. The summed E-state index contributed by atoms with van der Waals surface area (Å²) in [7, 11) is 0. The summed E-state index contributed by atoms with van der Waals surface area (Å²) in [5.41, 5.74) is 0.902. The molecule has 1 aliphatic rings. The van der Waals surface area contributed by atoms with Crippen LogP contribution in [0.5, 0.6) is 0 Å². The number of hydrogen-bond donors (Lipinski definition) is 1. The first-order valence-electron chi connectivity index (χ1n) is 9.08. The molecule has 1 atom stereocenters. The lowest BCUT2D eigenvalue weighted by atomic mass is 10.0. The van der Waals surface area contributed by atoms with E-state index in [0.717, 1.165) is 18.9 Å². The van der Waals surface area contributed by atoms with E-state index >= 15 is 0 Å². The molecule has 1 N–H and O–H groups in total. The monoisotopic (exact) mass is 383 g/mol. The van der Waals surface area contributed by atoms with Crippen LogP contribution in [0.3, 0.4) is 0 Å². The fourth-order valence-corrected chi connectivity index (χ4v) is 3.56. The zero-order valence-electron chi connectivity index (χ0n) is 15.1. The fraction of sp³-hybridized carbons (Fsp3) is 0.250. The Balaban J connectivity index is 1.59. The van der Waals surface area contributed by atoms with E-state index in [0.29, 0.717) is 24.2 Å². The second-order valence-corrected chi connectivity index (χ2v) is 6.72. The first-order chi connectivity index (χ1) is 13.6. The molecule has 1 fully saturated rings. The molecular formula is C20H19F2N5O. The van der Waals surface area contributed by atoms with Gasteiger partial charge in [0.15, 0.2) is 0 Å². The molecule has 1 aromatic heterocycles. The van der Waals surface area contributed by atoms with Crippen LogP contribution in [0.25, 0.3) is 11.1 Å². The van der Waals surface area contributed by atoms with Crippen molar-refractivity contribution < 1.29 is 13.6 Å². The van der Waals surface area contributed by atoms with Gasteiger partial charge in [0.1, 0.15) is 11.6 Å². The fourth-order valence-electron chi connectivity index (χ4n) is 3.56. The van der Waals surface area contributed by atoms with Crippen molar-refractivity contribution in [2.45, 2.75) is 25.4 Å². The van der Waals surface area contributed by atoms with Crippen LogP contribution in [0, 0.1) is 11.6 Å². The Hall–Kier alpha value is -3.29. The quantitative estimate of drug-likeness (QED) is 0.743. The minimum absolute atomic E-state index is 0.0241. The summed E-state index contributed by atoms with van der Waals surface area (Å²) in [6.07, 6.45) is 5.00. The molecule has 8 heteroatoms. The summed E-state index contributed by atoms with van der Waals surface area (Å²) in [6, 6.07) is 10.4. The number of carbonyl (C=O) groups is 1. The molecule has 0 unspecified atom stereocenters. The first kappa shape index (κ1) is 18.1. The van der Waals surface area contributed by atoms with Gasteiger partial charge in [-0.05, 0) is 24.5 Å². The molecule has 6 nitrogen and oxygen atoms in total. The molecule has 0 aliphatic carbocycles. The number of urea groups is 1. The van der Waals surface area contributed by atoms with Gasteiger partial charge in [-0.15, -0.1) is 5.10 Å². The van der Waals surface area contributed by atoms with Crippen molar-refractivity contribution in [2.24, 2.45) is 0 Å². The molecule has 0 bridgehead atoms. The number of nitrogens with zero attached hydrogens (tertiary/aromatic N) is 4. The maximum Gasteiger partial charge on any atom is 0.322 e. The van der Waals surface area contributed by atoms with Gasteiger partial charge in [-0.2, -0.15) is 0 Å². The molecular weight excluding hydrogens is 364 g/mol. The standard InChI is InChI=1S/C20H19F2N5O/c21-15-11-17(14-5-2-1-3-6-14)19(18(22)12-15)24-20(28)27-9-4-7-16(27)13-26-10-8-23-25-26/h1-3,5-6,8,10-12,16H,4,7,9,13H2,(H,24,28)/t16-/m0/s1. The van der Waals surface area contributed by atoms with Crippen LogP contribution in [0.4, 0.5) is 19.3 Å². The zero-order chi connectivity index (χ0) is 19.5. The molecule has 2 amide bonds. The lowest BCUT2D eigenvalue weighted by Crippen LogP contribution is -2.41. The van der Waals surface area contributed by atoms with Gasteiger partial charge in [0.25, 0.3) is 0 Å².